The fraction of sp³-hybridized carbons (Fsp3) is 0.500. The van der Waals surface area contributed by atoms with Crippen molar-refractivity contribution in [2.24, 2.45) is 0 Å². The zero-order chi connectivity index (χ0) is 13.2. The molecule has 1 aromatic rings. The minimum atomic E-state index is -0.0829. The maximum absolute atomic E-state index is 8.95. The van der Waals surface area contributed by atoms with Gasteiger partial charge in [-0.2, -0.15) is 5.26 Å². The van der Waals surface area contributed by atoms with Crippen molar-refractivity contribution in [3.63, 3.8) is 0 Å². The summed E-state index contributed by atoms with van der Waals surface area (Å²) in [6.45, 7) is 4.97. The van der Waals surface area contributed by atoms with Crippen molar-refractivity contribution < 1.29 is 4.74 Å². The third kappa shape index (κ3) is 3.16. The van der Waals surface area contributed by atoms with E-state index in [1.165, 1.54) is 0 Å². The fourth-order valence-electron chi connectivity index (χ4n) is 2.29. The third-order valence-electron chi connectivity index (χ3n) is 3.15. The Hall–Kier alpha value is -1.24. The molecule has 2 rings (SSSR count). The summed E-state index contributed by atoms with van der Waals surface area (Å²) in [7, 11) is 0. The lowest BCUT2D eigenvalue weighted by Crippen LogP contribution is -2.40. The van der Waals surface area contributed by atoms with E-state index in [1.807, 2.05) is 6.07 Å². The van der Waals surface area contributed by atoms with Gasteiger partial charge in [-0.05, 0) is 44.9 Å². The molecule has 0 spiro atoms. The van der Waals surface area contributed by atoms with E-state index >= 15 is 0 Å². The molecular formula is C14H17ClN2O. The summed E-state index contributed by atoms with van der Waals surface area (Å²) in [6.07, 6.45) is 1.94. The first-order chi connectivity index (χ1) is 8.50. The largest absolute Gasteiger partial charge is 0.382 e. The molecule has 3 nitrogen and oxygen atoms in total. The highest BCUT2D eigenvalue weighted by Gasteiger charge is 2.28. The van der Waals surface area contributed by atoms with E-state index in [-0.39, 0.29) is 5.60 Å². The monoisotopic (exact) mass is 264 g/mol. The van der Waals surface area contributed by atoms with E-state index in [0.29, 0.717) is 16.6 Å². The van der Waals surface area contributed by atoms with Gasteiger partial charge in [0.1, 0.15) is 6.07 Å². The molecule has 1 N–H and O–H groups in total. The van der Waals surface area contributed by atoms with Crippen LogP contribution in [0.25, 0.3) is 0 Å². The quantitative estimate of drug-likeness (QED) is 0.888. The van der Waals surface area contributed by atoms with Crippen LogP contribution < -0.4 is 5.32 Å². The minimum absolute atomic E-state index is 0.0829. The summed E-state index contributed by atoms with van der Waals surface area (Å²) in [4.78, 5) is 0. The SMILES string of the molecule is CC1(C)CC(Nc2ccc(Cl)c(C#N)c2)CCO1. The highest BCUT2D eigenvalue weighted by molar-refractivity contribution is 6.31. The molecule has 4 heteroatoms. The van der Waals surface area contributed by atoms with Gasteiger partial charge in [0.2, 0.25) is 0 Å². The Labute approximate surface area is 113 Å². The first kappa shape index (κ1) is 13.2. The van der Waals surface area contributed by atoms with Crippen LogP contribution in [-0.2, 0) is 4.74 Å². The van der Waals surface area contributed by atoms with Crippen LogP contribution in [0.1, 0.15) is 32.3 Å². The van der Waals surface area contributed by atoms with Crippen LogP contribution in [0.5, 0.6) is 0 Å². The van der Waals surface area contributed by atoms with Gasteiger partial charge >= 0.3 is 0 Å². The van der Waals surface area contributed by atoms with Crippen molar-refractivity contribution in [3.8, 4) is 6.07 Å². The predicted octanol–water partition coefficient (Wildman–Crippen LogP) is 3.58. The summed E-state index contributed by atoms with van der Waals surface area (Å²) in [6, 6.07) is 7.93. The van der Waals surface area contributed by atoms with Crippen LogP contribution in [0.4, 0.5) is 5.69 Å². The molecular weight excluding hydrogens is 248 g/mol. The molecule has 1 saturated heterocycles. The molecule has 1 heterocycles. The van der Waals surface area contributed by atoms with E-state index in [0.717, 1.165) is 25.1 Å². The molecule has 1 aliphatic rings. The van der Waals surface area contributed by atoms with Gasteiger partial charge in [0.05, 0.1) is 16.2 Å². The van der Waals surface area contributed by atoms with Gasteiger partial charge in [0, 0.05) is 18.3 Å². The Kier molecular flexibility index (Phi) is 3.79. The molecule has 96 valence electrons. The first-order valence-electron chi connectivity index (χ1n) is 6.10. The first-order valence-corrected chi connectivity index (χ1v) is 6.48. The fourth-order valence-corrected chi connectivity index (χ4v) is 2.45. The van der Waals surface area contributed by atoms with Crippen molar-refractivity contribution in [1.82, 2.24) is 0 Å². The average Bonchev–Trinajstić information content (AvgIpc) is 2.30. The van der Waals surface area contributed by atoms with E-state index in [4.69, 9.17) is 21.6 Å². The second kappa shape index (κ2) is 5.17. The van der Waals surface area contributed by atoms with Crippen LogP contribution in [0.15, 0.2) is 18.2 Å². The highest BCUT2D eigenvalue weighted by Crippen LogP contribution is 2.27. The smallest absolute Gasteiger partial charge is 0.101 e. The van der Waals surface area contributed by atoms with Gasteiger partial charge in [0.15, 0.2) is 0 Å². The molecule has 0 aromatic heterocycles. The highest BCUT2D eigenvalue weighted by atomic mass is 35.5. The van der Waals surface area contributed by atoms with Gasteiger partial charge in [-0.3, -0.25) is 0 Å². The molecule has 0 amide bonds. The van der Waals surface area contributed by atoms with Gasteiger partial charge in [-0.1, -0.05) is 11.6 Å². The van der Waals surface area contributed by atoms with Gasteiger partial charge < -0.3 is 10.1 Å². The number of rotatable bonds is 2. The molecule has 0 radical (unpaired) electrons. The predicted molar refractivity (Wildman–Crippen MR) is 72.8 cm³/mol. The van der Waals surface area contributed by atoms with E-state index < -0.39 is 0 Å². The summed E-state index contributed by atoms with van der Waals surface area (Å²) in [5.74, 6) is 0. The average molecular weight is 265 g/mol. The van der Waals surface area contributed by atoms with Crippen molar-refractivity contribution in [3.05, 3.63) is 28.8 Å². The molecule has 1 aliphatic heterocycles. The lowest BCUT2D eigenvalue weighted by Gasteiger charge is -2.36. The summed E-state index contributed by atoms with van der Waals surface area (Å²) >= 11 is 5.91. The standard InChI is InChI=1S/C14H17ClN2O/c1-14(2)8-12(5-6-18-14)17-11-3-4-13(15)10(7-11)9-16/h3-4,7,12,17H,5-6,8H2,1-2H3. The number of benzene rings is 1. The van der Waals surface area contributed by atoms with Gasteiger partial charge in [-0.15, -0.1) is 0 Å². The minimum Gasteiger partial charge on any atom is -0.382 e. The van der Waals surface area contributed by atoms with Gasteiger partial charge in [0.25, 0.3) is 0 Å². The van der Waals surface area contributed by atoms with Crippen LogP contribution >= 0.6 is 11.6 Å². The number of nitriles is 1. The molecule has 18 heavy (non-hydrogen) atoms. The Morgan fingerprint density at radius 3 is 2.94 bits per heavy atom. The van der Waals surface area contributed by atoms with Crippen molar-refractivity contribution in [1.29, 1.82) is 5.26 Å². The topological polar surface area (TPSA) is 45.0 Å². The Morgan fingerprint density at radius 1 is 1.50 bits per heavy atom. The maximum Gasteiger partial charge on any atom is 0.101 e. The second-order valence-electron chi connectivity index (χ2n) is 5.25. The Morgan fingerprint density at radius 2 is 2.28 bits per heavy atom. The molecule has 0 aliphatic carbocycles. The Bertz CT molecular complexity index is 479. The van der Waals surface area contributed by atoms with Gasteiger partial charge in [-0.25, -0.2) is 0 Å². The van der Waals surface area contributed by atoms with E-state index in [9.17, 15) is 0 Å². The zero-order valence-electron chi connectivity index (χ0n) is 10.7. The normalized spacial score (nSPS) is 22.2. The molecule has 1 fully saturated rings. The number of halogens is 1. The number of nitrogens with one attached hydrogen (secondary N) is 1. The third-order valence-corrected chi connectivity index (χ3v) is 3.48. The van der Waals surface area contributed by atoms with Crippen molar-refractivity contribution in [2.45, 2.75) is 38.3 Å². The number of anilines is 1. The van der Waals surface area contributed by atoms with Crippen LogP contribution in [-0.4, -0.2) is 18.2 Å². The molecule has 1 aromatic carbocycles. The molecule has 1 atom stereocenters. The number of hydrogen-bond acceptors (Lipinski definition) is 3. The second-order valence-corrected chi connectivity index (χ2v) is 5.66. The number of ether oxygens (including phenoxy) is 1. The molecule has 0 saturated carbocycles. The molecule has 0 bridgehead atoms. The van der Waals surface area contributed by atoms with Crippen molar-refractivity contribution >= 4 is 17.3 Å². The zero-order valence-corrected chi connectivity index (χ0v) is 11.4. The van der Waals surface area contributed by atoms with Crippen LogP contribution in [0.3, 0.4) is 0 Å². The Balaban J connectivity index is 2.08. The number of nitrogens with zero attached hydrogens (tertiary/aromatic N) is 1. The van der Waals surface area contributed by atoms with Crippen LogP contribution in [0, 0.1) is 11.3 Å². The van der Waals surface area contributed by atoms with Crippen molar-refractivity contribution in [2.75, 3.05) is 11.9 Å². The number of hydrogen-bond donors (Lipinski definition) is 1. The van der Waals surface area contributed by atoms with E-state index in [1.54, 1.807) is 12.1 Å². The maximum atomic E-state index is 8.95. The summed E-state index contributed by atoms with van der Waals surface area (Å²) in [5.41, 5.74) is 1.37. The molecule has 1 unspecified atom stereocenters. The summed E-state index contributed by atoms with van der Waals surface area (Å²) < 4.78 is 5.68. The summed E-state index contributed by atoms with van der Waals surface area (Å²) in [5, 5.41) is 12.9. The van der Waals surface area contributed by atoms with E-state index in [2.05, 4.69) is 25.2 Å². The lowest BCUT2D eigenvalue weighted by atomic mass is 9.94. The van der Waals surface area contributed by atoms with Crippen LogP contribution in [0.2, 0.25) is 5.02 Å². The lowest BCUT2D eigenvalue weighted by molar-refractivity contribution is -0.0553.